The molecule has 0 aromatic heterocycles. The first-order valence-electron chi connectivity index (χ1n) is 5.41. The minimum Gasteiger partial charge on any atom is -0.370 e. The molecule has 0 N–H and O–H groups in total. The normalized spacial score (nSPS) is 36.2. The predicted molar refractivity (Wildman–Crippen MR) is 53.4 cm³/mol. The SMILES string of the molecule is C[Si](C)([O])C1(C2CCCCC2)CO1. The first-order valence-corrected chi connectivity index (χ1v) is 8.31. The van der Waals surface area contributed by atoms with Crippen molar-refractivity contribution in [2.24, 2.45) is 5.92 Å². The monoisotopic (exact) mass is 199 g/mol. The van der Waals surface area contributed by atoms with Crippen molar-refractivity contribution in [3.05, 3.63) is 0 Å². The largest absolute Gasteiger partial charge is 0.370 e. The molecule has 1 unspecified atom stereocenters. The molecule has 1 heterocycles. The Bertz CT molecular complexity index is 188. The second-order valence-electron chi connectivity index (χ2n) is 5.02. The predicted octanol–water partition coefficient (Wildman–Crippen LogP) is 2.51. The second-order valence-corrected chi connectivity index (χ2v) is 8.89. The summed E-state index contributed by atoms with van der Waals surface area (Å²) in [5.74, 6) is 0.598. The highest BCUT2D eigenvalue weighted by molar-refractivity contribution is 6.73. The average molecular weight is 199 g/mol. The molecule has 2 aliphatic rings. The van der Waals surface area contributed by atoms with Gasteiger partial charge >= 0.3 is 0 Å². The molecule has 0 aromatic carbocycles. The summed E-state index contributed by atoms with van der Waals surface area (Å²) < 4.78 is 5.55. The Hall–Kier alpha value is 0.137. The van der Waals surface area contributed by atoms with Crippen LogP contribution in [0.3, 0.4) is 0 Å². The van der Waals surface area contributed by atoms with E-state index in [1.54, 1.807) is 0 Å². The van der Waals surface area contributed by atoms with Crippen LogP contribution in [0.5, 0.6) is 0 Å². The molecule has 1 atom stereocenters. The van der Waals surface area contributed by atoms with Gasteiger partial charge in [-0.2, -0.15) is 0 Å². The van der Waals surface area contributed by atoms with Crippen molar-refractivity contribution in [3.8, 4) is 0 Å². The highest BCUT2D eigenvalue weighted by atomic mass is 28.4. The van der Waals surface area contributed by atoms with Gasteiger partial charge in [-0.15, -0.1) is 0 Å². The first-order chi connectivity index (χ1) is 6.06. The van der Waals surface area contributed by atoms with Crippen LogP contribution in [-0.4, -0.2) is 20.1 Å². The molecule has 1 saturated carbocycles. The maximum absolute atomic E-state index is 12.1. The van der Waals surface area contributed by atoms with Crippen molar-refractivity contribution in [3.63, 3.8) is 0 Å². The Morgan fingerprint density at radius 3 is 2.15 bits per heavy atom. The van der Waals surface area contributed by atoms with Gasteiger partial charge in [-0.1, -0.05) is 19.3 Å². The maximum atomic E-state index is 12.1. The summed E-state index contributed by atoms with van der Waals surface area (Å²) >= 11 is 0. The number of epoxide rings is 1. The van der Waals surface area contributed by atoms with Crippen LogP contribution in [0.1, 0.15) is 32.1 Å². The van der Waals surface area contributed by atoms with Gasteiger partial charge in [0.25, 0.3) is 8.32 Å². The van der Waals surface area contributed by atoms with Crippen LogP contribution in [0, 0.1) is 5.92 Å². The van der Waals surface area contributed by atoms with E-state index in [1.165, 1.54) is 32.1 Å². The highest BCUT2D eigenvalue weighted by Crippen LogP contribution is 2.48. The summed E-state index contributed by atoms with van der Waals surface area (Å²) in [7, 11) is -2.33. The van der Waals surface area contributed by atoms with Gasteiger partial charge in [-0.3, -0.25) is 4.80 Å². The standard InChI is InChI=1S/C10H19O2Si/c1-13(2,11)10(8-12-10)9-6-4-3-5-7-9/h9H,3-8H2,1-2H3. The Morgan fingerprint density at radius 1 is 1.23 bits per heavy atom. The lowest BCUT2D eigenvalue weighted by Crippen LogP contribution is -2.49. The van der Waals surface area contributed by atoms with E-state index in [0.717, 1.165) is 6.61 Å². The zero-order chi connectivity index (χ0) is 9.53. The quantitative estimate of drug-likeness (QED) is 0.497. The van der Waals surface area contributed by atoms with Gasteiger partial charge in [-0.05, 0) is 31.9 Å². The zero-order valence-electron chi connectivity index (χ0n) is 8.64. The van der Waals surface area contributed by atoms with Crippen LogP contribution in [0.25, 0.3) is 0 Å². The number of hydrogen-bond donors (Lipinski definition) is 0. The molecule has 1 saturated heterocycles. The summed E-state index contributed by atoms with van der Waals surface area (Å²) in [4.78, 5) is 12.1. The van der Waals surface area contributed by atoms with Gasteiger partial charge in [0, 0.05) is 0 Å². The van der Waals surface area contributed by atoms with E-state index in [2.05, 4.69) is 0 Å². The second kappa shape index (κ2) is 3.07. The smallest absolute Gasteiger partial charge is 0.265 e. The Labute approximate surface area is 81.4 Å². The molecule has 0 amide bonds. The van der Waals surface area contributed by atoms with Gasteiger partial charge in [-0.25, -0.2) is 0 Å². The maximum Gasteiger partial charge on any atom is 0.265 e. The summed E-state index contributed by atoms with van der Waals surface area (Å²) in [5, 5.41) is -0.159. The minimum absolute atomic E-state index is 0.159. The number of rotatable bonds is 2. The van der Waals surface area contributed by atoms with Crippen molar-refractivity contribution >= 4 is 8.32 Å². The minimum atomic E-state index is -2.33. The molecule has 1 aliphatic carbocycles. The molecule has 3 heteroatoms. The third-order valence-electron chi connectivity index (χ3n) is 3.74. The average Bonchev–Trinajstić information content (AvgIpc) is 2.84. The summed E-state index contributed by atoms with van der Waals surface area (Å²) in [6.07, 6.45) is 6.44. The molecule has 13 heavy (non-hydrogen) atoms. The molecule has 1 aliphatic heterocycles. The van der Waals surface area contributed by atoms with Gasteiger partial charge < -0.3 is 4.74 Å². The van der Waals surface area contributed by atoms with Crippen LogP contribution in [0.4, 0.5) is 0 Å². The van der Waals surface area contributed by atoms with Crippen LogP contribution >= 0.6 is 0 Å². The molecule has 0 bridgehead atoms. The Balaban J connectivity index is 2.06. The molecule has 1 radical (unpaired) electrons. The molecule has 0 spiro atoms. The van der Waals surface area contributed by atoms with E-state index < -0.39 is 8.32 Å². The fraction of sp³-hybridized carbons (Fsp3) is 1.00. The summed E-state index contributed by atoms with van der Waals surface area (Å²) in [6.45, 7) is 4.59. The van der Waals surface area contributed by atoms with E-state index in [0.29, 0.717) is 5.92 Å². The number of ether oxygens (including phenoxy) is 1. The lowest BCUT2D eigenvalue weighted by Gasteiger charge is -2.32. The van der Waals surface area contributed by atoms with Crippen molar-refractivity contribution in [1.82, 2.24) is 0 Å². The van der Waals surface area contributed by atoms with Crippen LogP contribution in [0.15, 0.2) is 0 Å². The van der Waals surface area contributed by atoms with Gasteiger partial charge in [0.1, 0.15) is 5.22 Å². The molecule has 2 rings (SSSR count). The first kappa shape index (κ1) is 9.68. The van der Waals surface area contributed by atoms with Gasteiger partial charge in [0.2, 0.25) is 0 Å². The van der Waals surface area contributed by atoms with E-state index in [1.807, 2.05) is 13.1 Å². The molecule has 75 valence electrons. The van der Waals surface area contributed by atoms with Gasteiger partial charge in [0.15, 0.2) is 0 Å². The molecular formula is C10H19O2Si. The lowest BCUT2D eigenvalue weighted by molar-refractivity contribution is 0.202. The number of hydrogen-bond acceptors (Lipinski definition) is 1. The van der Waals surface area contributed by atoms with Crippen molar-refractivity contribution in [2.45, 2.75) is 50.4 Å². The fourth-order valence-electron chi connectivity index (χ4n) is 2.72. The molecule has 0 aromatic rings. The topological polar surface area (TPSA) is 32.4 Å². The van der Waals surface area contributed by atoms with Crippen LogP contribution in [-0.2, 0) is 9.53 Å². The Kier molecular flexibility index (Phi) is 2.29. The summed E-state index contributed by atoms with van der Waals surface area (Å²) in [6, 6.07) is 0. The van der Waals surface area contributed by atoms with Crippen LogP contribution in [0.2, 0.25) is 13.1 Å². The van der Waals surface area contributed by atoms with E-state index in [9.17, 15) is 4.80 Å². The molecular weight excluding hydrogens is 180 g/mol. The van der Waals surface area contributed by atoms with E-state index >= 15 is 0 Å². The van der Waals surface area contributed by atoms with Gasteiger partial charge in [0.05, 0.1) is 6.61 Å². The molecule has 2 fully saturated rings. The highest BCUT2D eigenvalue weighted by Gasteiger charge is 2.63. The zero-order valence-corrected chi connectivity index (χ0v) is 9.64. The van der Waals surface area contributed by atoms with Crippen molar-refractivity contribution < 1.29 is 9.53 Å². The van der Waals surface area contributed by atoms with Crippen LogP contribution < -0.4 is 0 Å². The fourth-order valence-corrected chi connectivity index (χ4v) is 4.76. The third-order valence-corrected chi connectivity index (χ3v) is 6.47. The molecule has 2 nitrogen and oxygen atoms in total. The van der Waals surface area contributed by atoms with Crippen molar-refractivity contribution in [2.75, 3.05) is 6.61 Å². The lowest BCUT2D eigenvalue weighted by atomic mass is 9.87. The Morgan fingerprint density at radius 2 is 1.77 bits per heavy atom. The van der Waals surface area contributed by atoms with E-state index in [4.69, 9.17) is 4.74 Å². The summed E-state index contributed by atoms with van der Waals surface area (Å²) in [5.41, 5.74) is 0. The third kappa shape index (κ3) is 1.58. The van der Waals surface area contributed by atoms with E-state index in [-0.39, 0.29) is 5.22 Å². The van der Waals surface area contributed by atoms with Crippen molar-refractivity contribution in [1.29, 1.82) is 0 Å².